The molecule has 0 radical (unpaired) electrons. The van der Waals surface area contributed by atoms with Crippen molar-refractivity contribution in [3.63, 3.8) is 0 Å². The molecule has 0 aliphatic rings. The Hall–Kier alpha value is -2.28. The number of nitrogens with zero attached hydrogens (tertiary/aromatic N) is 2. The Bertz CT molecular complexity index is 727. The minimum Gasteiger partial charge on any atom is -0.478 e. The van der Waals surface area contributed by atoms with Crippen molar-refractivity contribution in [2.45, 2.75) is 13.8 Å². The van der Waals surface area contributed by atoms with Crippen molar-refractivity contribution in [2.75, 3.05) is 11.9 Å². The van der Waals surface area contributed by atoms with Gasteiger partial charge in [-0.1, -0.05) is 11.6 Å². The summed E-state index contributed by atoms with van der Waals surface area (Å²) in [5.74, 6) is -2.42. The molecular weight excluding hydrogens is 295 g/mol. The van der Waals surface area contributed by atoms with Crippen LogP contribution in [-0.2, 0) is 0 Å². The van der Waals surface area contributed by atoms with Crippen LogP contribution in [0.4, 0.5) is 9.39 Å². The van der Waals surface area contributed by atoms with Gasteiger partial charge in [0.2, 0.25) is 0 Å². The fourth-order valence-electron chi connectivity index (χ4n) is 1.91. The van der Waals surface area contributed by atoms with Gasteiger partial charge in [0.25, 0.3) is 5.91 Å². The van der Waals surface area contributed by atoms with Gasteiger partial charge in [0.1, 0.15) is 16.4 Å². The first-order valence-electron chi connectivity index (χ1n) is 6.06. The molecule has 0 bridgehead atoms. The van der Waals surface area contributed by atoms with Crippen LogP contribution in [0.2, 0.25) is 0 Å². The quantitative estimate of drug-likeness (QED) is 0.946. The lowest BCUT2D eigenvalue weighted by atomic mass is 10.1. The lowest BCUT2D eigenvalue weighted by Crippen LogP contribution is -2.28. The Morgan fingerprint density at radius 3 is 2.62 bits per heavy atom. The molecule has 1 aromatic carbocycles. The second kappa shape index (κ2) is 5.61. The zero-order valence-electron chi connectivity index (χ0n) is 11.7. The molecule has 1 N–H and O–H groups in total. The summed E-state index contributed by atoms with van der Waals surface area (Å²) in [7, 11) is 1.41. The van der Waals surface area contributed by atoms with Crippen LogP contribution >= 0.6 is 11.5 Å². The van der Waals surface area contributed by atoms with Crippen molar-refractivity contribution in [3.8, 4) is 0 Å². The number of aryl methyl sites for hydroxylation is 2. The number of carboxylic acid groups (broad SMARTS) is 1. The van der Waals surface area contributed by atoms with Gasteiger partial charge in [-0.3, -0.25) is 4.79 Å². The molecule has 1 amide bonds. The molecule has 0 saturated carbocycles. The average molecular weight is 308 g/mol. The first-order chi connectivity index (χ1) is 9.82. The molecule has 1 aromatic heterocycles. The van der Waals surface area contributed by atoms with E-state index in [0.29, 0.717) is 5.69 Å². The number of hydrogen-bond acceptors (Lipinski definition) is 4. The molecule has 0 aliphatic heterocycles. The molecule has 0 unspecified atom stereocenters. The highest BCUT2D eigenvalue weighted by molar-refractivity contribution is 7.11. The summed E-state index contributed by atoms with van der Waals surface area (Å²) in [6.45, 7) is 3.30. The van der Waals surface area contributed by atoms with E-state index in [2.05, 4.69) is 4.37 Å². The maximum Gasteiger partial charge on any atom is 0.340 e. The van der Waals surface area contributed by atoms with Crippen LogP contribution in [0.3, 0.4) is 0 Å². The fourth-order valence-corrected chi connectivity index (χ4v) is 2.76. The van der Waals surface area contributed by atoms with E-state index in [-0.39, 0.29) is 16.1 Å². The van der Waals surface area contributed by atoms with E-state index in [9.17, 15) is 19.1 Å². The van der Waals surface area contributed by atoms with Gasteiger partial charge in [-0.25, -0.2) is 9.18 Å². The summed E-state index contributed by atoms with van der Waals surface area (Å²) in [4.78, 5) is 24.7. The highest BCUT2D eigenvalue weighted by Gasteiger charge is 2.26. The molecule has 5 nitrogen and oxygen atoms in total. The highest BCUT2D eigenvalue weighted by Crippen LogP contribution is 2.29. The SMILES string of the molecule is Cc1ccc(F)c(C(=O)N(C)c2snc(C)c2C(=O)O)c1. The van der Waals surface area contributed by atoms with Crippen LogP contribution in [-0.4, -0.2) is 28.4 Å². The van der Waals surface area contributed by atoms with E-state index in [1.54, 1.807) is 19.9 Å². The molecule has 7 heteroatoms. The standard InChI is InChI=1S/C14H13FN2O3S/c1-7-4-5-10(15)9(6-7)12(18)17(3)13-11(14(19)20)8(2)16-21-13/h4-6H,1-3H3,(H,19,20). The summed E-state index contributed by atoms with van der Waals surface area (Å²) in [6, 6.07) is 4.21. The molecule has 0 saturated heterocycles. The van der Waals surface area contributed by atoms with E-state index < -0.39 is 17.7 Å². The van der Waals surface area contributed by atoms with Crippen LogP contribution in [0.1, 0.15) is 32.0 Å². The van der Waals surface area contributed by atoms with Crippen molar-refractivity contribution in [3.05, 3.63) is 46.4 Å². The van der Waals surface area contributed by atoms with Gasteiger partial charge in [0.05, 0.1) is 11.3 Å². The number of anilines is 1. The third-order valence-corrected chi connectivity index (χ3v) is 4.04. The fraction of sp³-hybridized carbons (Fsp3) is 0.214. The number of aromatic carboxylic acids is 1. The van der Waals surface area contributed by atoms with Gasteiger partial charge in [-0.05, 0) is 37.5 Å². The van der Waals surface area contributed by atoms with Crippen LogP contribution < -0.4 is 4.90 Å². The van der Waals surface area contributed by atoms with E-state index in [4.69, 9.17) is 0 Å². The topological polar surface area (TPSA) is 70.5 Å². The lowest BCUT2D eigenvalue weighted by molar-refractivity contribution is 0.0697. The van der Waals surface area contributed by atoms with Gasteiger partial charge in [0.15, 0.2) is 0 Å². The molecule has 0 aliphatic carbocycles. The molecule has 21 heavy (non-hydrogen) atoms. The Labute approximate surface area is 124 Å². The Morgan fingerprint density at radius 1 is 1.33 bits per heavy atom. The number of aromatic nitrogens is 1. The number of carbonyl (C=O) groups excluding carboxylic acids is 1. The van der Waals surface area contributed by atoms with Gasteiger partial charge >= 0.3 is 5.97 Å². The van der Waals surface area contributed by atoms with E-state index >= 15 is 0 Å². The van der Waals surface area contributed by atoms with Crippen molar-refractivity contribution in [1.82, 2.24) is 4.37 Å². The molecule has 110 valence electrons. The van der Waals surface area contributed by atoms with Gasteiger partial charge in [0, 0.05) is 7.05 Å². The maximum atomic E-state index is 13.8. The normalized spacial score (nSPS) is 10.5. The zero-order chi connectivity index (χ0) is 15.7. The average Bonchev–Trinajstić information content (AvgIpc) is 2.81. The summed E-state index contributed by atoms with van der Waals surface area (Å²) >= 11 is 0.897. The number of hydrogen-bond donors (Lipinski definition) is 1. The number of rotatable bonds is 3. The third kappa shape index (κ3) is 2.78. The molecular formula is C14H13FN2O3S. The minimum atomic E-state index is -1.17. The maximum absolute atomic E-state index is 13.8. The monoisotopic (exact) mass is 308 g/mol. The largest absolute Gasteiger partial charge is 0.478 e. The second-order valence-electron chi connectivity index (χ2n) is 4.60. The lowest BCUT2D eigenvalue weighted by Gasteiger charge is -2.16. The van der Waals surface area contributed by atoms with E-state index in [1.807, 2.05) is 0 Å². The van der Waals surface area contributed by atoms with Crippen LogP contribution in [0, 0.1) is 19.7 Å². The summed E-state index contributed by atoms with van der Waals surface area (Å²) in [5, 5.41) is 9.38. The molecule has 2 rings (SSSR count). The zero-order valence-corrected chi connectivity index (χ0v) is 12.5. The predicted octanol–water partition coefficient (Wildman–Crippen LogP) is 2.87. The Morgan fingerprint density at radius 2 is 2.00 bits per heavy atom. The minimum absolute atomic E-state index is 0.0380. The van der Waals surface area contributed by atoms with Crippen molar-refractivity contribution < 1.29 is 19.1 Å². The molecule has 2 aromatic rings. The van der Waals surface area contributed by atoms with Crippen molar-refractivity contribution in [2.24, 2.45) is 0 Å². The van der Waals surface area contributed by atoms with Gasteiger partial charge in [-0.2, -0.15) is 4.37 Å². The number of halogens is 1. The van der Waals surface area contributed by atoms with Crippen LogP contribution in [0.25, 0.3) is 0 Å². The molecule has 1 heterocycles. The van der Waals surface area contributed by atoms with E-state index in [0.717, 1.165) is 22.0 Å². The number of carbonyl (C=O) groups is 2. The van der Waals surface area contributed by atoms with Crippen LogP contribution in [0.15, 0.2) is 18.2 Å². The molecule has 0 spiro atoms. The van der Waals surface area contributed by atoms with Crippen molar-refractivity contribution >= 4 is 28.4 Å². The Kier molecular flexibility index (Phi) is 4.04. The van der Waals surface area contributed by atoms with E-state index in [1.165, 1.54) is 19.2 Å². The smallest absolute Gasteiger partial charge is 0.340 e. The summed E-state index contributed by atoms with van der Waals surface area (Å²) in [5.41, 5.74) is 0.933. The summed E-state index contributed by atoms with van der Waals surface area (Å²) < 4.78 is 17.7. The summed E-state index contributed by atoms with van der Waals surface area (Å²) in [6.07, 6.45) is 0. The third-order valence-electron chi connectivity index (χ3n) is 3.02. The number of carboxylic acids is 1. The predicted molar refractivity (Wildman–Crippen MR) is 77.7 cm³/mol. The first kappa shape index (κ1) is 15.1. The van der Waals surface area contributed by atoms with Gasteiger partial charge in [-0.15, -0.1) is 0 Å². The van der Waals surface area contributed by atoms with Gasteiger partial charge < -0.3 is 10.0 Å². The second-order valence-corrected chi connectivity index (χ2v) is 5.35. The number of benzene rings is 1. The highest BCUT2D eigenvalue weighted by atomic mass is 32.1. The Balaban J connectivity index is 2.45. The molecule has 0 atom stereocenters. The number of amides is 1. The van der Waals surface area contributed by atoms with Crippen LogP contribution in [0.5, 0.6) is 0 Å². The van der Waals surface area contributed by atoms with Crippen molar-refractivity contribution in [1.29, 1.82) is 0 Å². The molecule has 0 fully saturated rings. The first-order valence-corrected chi connectivity index (χ1v) is 6.84.